The Labute approximate surface area is 506 Å². The van der Waals surface area contributed by atoms with Crippen molar-refractivity contribution in [2.75, 3.05) is 41.2 Å². The number of rotatable bonds is 17. The van der Waals surface area contributed by atoms with E-state index in [2.05, 4.69) is 13.0 Å². The van der Waals surface area contributed by atoms with Crippen molar-refractivity contribution in [3.8, 4) is 0 Å². The second-order valence-electron chi connectivity index (χ2n) is 26.0. The lowest BCUT2D eigenvalue weighted by Gasteiger charge is -2.51. The van der Waals surface area contributed by atoms with E-state index < -0.39 is 179 Å². The predicted octanol–water partition coefficient (Wildman–Crippen LogP) is 0.217. The molecular formula is C60H94O27. The summed E-state index contributed by atoms with van der Waals surface area (Å²) in [5.74, 6) is -1.11. The van der Waals surface area contributed by atoms with Gasteiger partial charge in [0.05, 0.1) is 92.9 Å². The van der Waals surface area contributed by atoms with Crippen LogP contribution in [0.15, 0.2) is 23.5 Å². The van der Waals surface area contributed by atoms with Crippen molar-refractivity contribution in [1.29, 1.82) is 0 Å². The number of ether oxygens (including phenoxy) is 18. The quantitative estimate of drug-likeness (QED) is 0.0713. The molecule has 27 nitrogen and oxygen atoms in total. The molecule has 33 unspecified atom stereocenters. The van der Waals surface area contributed by atoms with Gasteiger partial charge in [-0.15, -0.1) is 0 Å². The van der Waals surface area contributed by atoms with E-state index in [0.29, 0.717) is 19.4 Å². The fourth-order valence-corrected chi connectivity index (χ4v) is 15.7. The summed E-state index contributed by atoms with van der Waals surface area (Å²) in [4.78, 5) is 13.9. The highest BCUT2D eigenvalue weighted by Crippen LogP contribution is 2.57. The molecule has 9 aliphatic heterocycles. The van der Waals surface area contributed by atoms with Gasteiger partial charge in [-0.1, -0.05) is 18.6 Å². The Bertz CT molecular complexity index is 2350. The Kier molecular flexibility index (Phi) is 20.9. The zero-order valence-corrected chi connectivity index (χ0v) is 51.1. The highest BCUT2D eigenvalue weighted by molar-refractivity contribution is 5.74. The Morgan fingerprint density at radius 3 is 1.68 bits per heavy atom. The van der Waals surface area contributed by atoms with Gasteiger partial charge in [0.25, 0.3) is 0 Å². The highest BCUT2D eigenvalue weighted by Gasteiger charge is 2.59. The van der Waals surface area contributed by atoms with Crippen LogP contribution in [0, 0.1) is 23.2 Å². The van der Waals surface area contributed by atoms with Gasteiger partial charge < -0.3 is 126 Å². The monoisotopic (exact) mass is 1250 g/mol. The van der Waals surface area contributed by atoms with Crippen LogP contribution in [-0.4, -0.2) is 266 Å². The average molecular weight is 1250 g/mol. The van der Waals surface area contributed by atoms with E-state index >= 15 is 0 Å². The van der Waals surface area contributed by atoms with Gasteiger partial charge in [0.15, 0.2) is 37.7 Å². The summed E-state index contributed by atoms with van der Waals surface area (Å²) < 4.78 is 111. The first-order valence-electron chi connectivity index (χ1n) is 31.2. The van der Waals surface area contributed by atoms with Gasteiger partial charge in [-0.05, 0) is 83.1 Å². The molecule has 0 amide bonds. The first-order chi connectivity index (χ1) is 41.6. The zero-order valence-electron chi connectivity index (χ0n) is 51.1. The number of methoxy groups -OCH3 is 3. The molecule has 0 aromatic carbocycles. The fraction of sp³-hybridized carbons (Fsp3) is 0.917. The number of hydrogen-bond acceptors (Lipinski definition) is 27. The molecule has 0 radical (unpaired) electrons. The molecule has 9 fully saturated rings. The van der Waals surface area contributed by atoms with Crippen molar-refractivity contribution in [3.63, 3.8) is 0 Å². The smallest absolute Gasteiger partial charge is 0.309 e. The van der Waals surface area contributed by atoms with Crippen LogP contribution in [0.2, 0.25) is 0 Å². The van der Waals surface area contributed by atoms with Crippen LogP contribution in [-0.2, 0) is 90.1 Å². The van der Waals surface area contributed by atoms with Crippen molar-refractivity contribution in [2.45, 2.75) is 284 Å². The highest BCUT2D eigenvalue weighted by atomic mass is 16.8. The second kappa shape index (κ2) is 27.4. The number of hydrogen-bond donors (Lipinski definition) is 8. The first-order valence-corrected chi connectivity index (χ1v) is 31.2. The molecule has 2 aliphatic carbocycles. The maximum absolute atomic E-state index is 13.9. The van der Waals surface area contributed by atoms with Crippen molar-refractivity contribution >= 4 is 5.97 Å². The Morgan fingerprint density at radius 2 is 1.10 bits per heavy atom. The lowest BCUT2D eigenvalue weighted by Crippen LogP contribution is -2.65. The standard InChI is InChI=1S/C60H94O27/c1-25-51(83-43-19-36(71-8)53(27(3)77-43)85-44-20-37(72-9)54(28(4)78-44)86-58-50(68)48(66)55(39(22-62)82-58)87-57-49(67)47(65)46(64)38(21-61)81-57)34(63)17-41(75-25)84-52-26(2)76-42(18-35(52)70-7)79-31-14-15-59(5)30(16-31)11-12-32-33(59)13-10-29-23-73-60(6)45(29)40(24-74-60)80-56(32)69/h11,23,25-28,31-55,57-58,61-68H,10,12-22,24H2,1-9H3. The normalized spacial score (nSPS) is 52.0. The van der Waals surface area contributed by atoms with Gasteiger partial charge in [-0.2, -0.15) is 0 Å². The van der Waals surface area contributed by atoms with E-state index in [1.807, 2.05) is 34.0 Å². The molecular weight excluding hydrogens is 1150 g/mol. The van der Waals surface area contributed by atoms with E-state index in [4.69, 9.17) is 85.3 Å². The predicted molar refractivity (Wildman–Crippen MR) is 293 cm³/mol. The van der Waals surface area contributed by atoms with Gasteiger partial charge in [-0.3, -0.25) is 4.79 Å². The topological polar surface area (TPSA) is 345 Å². The zero-order chi connectivity index (χ0) is 62.0. The van der Waals surface area contributed by atoms with E-state index in [1.165, 1.54) is 12.7 Å². The molecule has 0 aromatic rings. The third-order valence-corrected chi connectivity index (χ3v) is 20.7. The average Bonchev–Trinajstić information content (AvgIpc) is 1.87. The van der Waals surface area contributed by atoms with Crippen LogP contribution in [0.5, 0.6) is 0 Å². The van der Waals surface area contributed by atoms with E-state index in [-0.39, 0.29) is 60.6 Å². The van der Waals surface area contributed by atoms with Crippen molar-refractivity contribution < 1.29 is 131 Å². The van der Waals surface area contributed by atoms with Gasteiger partial charge in [-0.25, -0.2) is 0 Å². The van der Waals surface area contributed by atoms with Gasteiger partial charge in [0.1, 0.15) is 79.4 Å². The van der Waals surface area contributed by atoms with Crippen molar-refractivity contribution in [2.24, 2.45) is 23.2 Å². The van der Waals surface area contributed by atoms with Crippen LogP contribution in [0.3, 0.4) is 0 Å². The van der Waals surface area contributed by atoms with Gasteiger partial charge in [0, 0.05) is 53.9 Å². The largest absolute Gasteiger partial charge is 0.469 e. The summed E-state index contributed by atoms with van der Waals surface area (Å²) in [6, 6.07) is 0. The summed E-state index contributed by atoms with van der Waals surface area (Å²) in [5, 5.41) is 85.0. The fourth-order valence-electron chi connectivity index (χ4n) is 15.7. The number of allylic oxidation sites excluding steroid dienone is 1. The number of carbonyl (C=O) groups excluding carboxylic acids is 1. The SMILES string of the molecule is COC1CC(OC2CCC3(C)C(=CCC4C(=O)OC5COC6(C)OC=C(CCC43)C56)C2)OC(C)C1OC1CC(O)C(OC2CC(OC)C(OC3CC(OC)C(OC4OC(CO)C(OC5OC(CO)C(O)C(O)C5O)C(O)C4O)C(C)O3)C(C)O2)C(C)O1. The summed E-state index contributed by atoms with van der Waals surface area (Å²) in [5.41, 5.74) is 2.31. The first kappa shape index (κ1) is 66.3. The van der Waals surface area contributed by atoms with Crippen LogP contribution >= 0.6 is 0 Å². The molecule has 1 saturated carbocycles. The molecule has 27 heteroatoms. The Hall–Kier alpha value is -2.21. The Balaban J connectivity index is 0.630. The Morgan fingerprint density at radius 1 is 0.586 bits per heavy atom. The number of esters is 1. The molecule has 87 heavy (non-hydrogen) atoms. The van der Waals surface area contributed by atoms with Crippen LogP contribution in [0.1, 0.15) is 106 Å². The summed E-state index contributed by atoms with van der Waals surface area (Å²) in [7, 11) is 4.66. The number of aliphatic hydroxyl groups excluding tert-OH is 8. The van der Waals surface area contributed by atoms with Crippen LogP contribution < -0.4 is 0 Å². The van der Waals surface area contributed by atoms with Crippen molar-refractivity contribution in [1.82, 2.24) is 0 Å². The van der Waals surface area contributed by atoms with Gasteiger partial charge in [0.2, 0.25) is 5.79 Å². The van der Waals surface area contributed by atoms with Crippen molar-refractivity contribution in [3.05, 3.63) is 23.5 Å². The maximum Gasteiger partial charge on any atom is 0.309 e. The molecule has 8 saturated heterocycles. The van der Waals surface area contributed by atoms with Crippen LogP contribution in [0.25, 0.3) is 0 Å². The second-order valence-corrected chi connectivity index (χ2v) is 26.0. The number of carbonyl (C=O) groups is 1. The minimum atomic E-state index is -1.82. The third-order valence-electron chi connectivity index (χ3n) is 20.7. The minimum absolute atomic E-state index is 0.0851. The van der Waals surface area contributed by atoms with E-state index in [9.17, 15) is 45.6 Å². The lowest BCUT2D eigenvalue weighted by atomic mass is 9.55. The molecule has 8 N–H and O–H groups in total. The molecule has 11 rings (SSSR count). The minimum Gasteiger partial charge on any atom is -0.469 e. The summed E-state index contributed by atoms with van der Waals surface area (Å²) in [6.45, 7) is 10.4. The number of aliphatic hydroxyl groups is 8. The molecule has 33 atom stereocenters. The summed E-state index contributed by atoms with van der Waals surface area (Å²) >= 11 is 0. The molecule has 496 valence electrons. The number of fused-ring (bicyclic) bond motifs is 3. The maximum atomic E-state index is 13.9. The van der Waals surface area contributed by atoms with E-state index in [1.54, 1.807) is 21.1 Å². The van der Waals surface area contributed by atoms with Gasteiger partial charge >= 0.3 is 5.97 Å². The summed E-state index contributed by atoms with van der Waals surface area (Å²) in [6.07, 6.45) is -17.9. The molecule has 0 bridgehead atoms. The molecule has 11 aliphatic rings. The third kappa shape index (κ3) is 13.2. The molecule has 0 aromatic heterocycles. The lowest BCUT2D eigenvalue weighted by molar-refractivity contribution is -0.376. The van der Waals surface area contributed by atoms with E-state index in [0.717, 1.165) is 37.7 Å². The molecule has 0 spiro atoms. The van der Waals surface area contributed by atoms with Crippen LogP contribution in [0.4, 0.5) is 0 Å². The molecule has 9 heterocycles.